The molecule has 0 aliphatic carbocycles. The third-order valence-corrected chi connectivity index (χ3v) is 4.16. The van der Waals surface area contributed by atoms with E-state index in [0.717, 1.165) is 15.7 Å². The van der Waals surface area contributed by atoms with Gasteiger partial charge in [-0.2, -0.15) is 4.98 Å². The molecule has 0 saturated carbocycles. The second kappa shape index (κ2) is 5.98. The molecule has 3 rings (SSSR count). The second-order valence-corrected chi connectivity index (χ2v) is 6.06. The Kier molecular flexibility index (Phi) is 4.04. The third-order valence-electron chi connectivity index (χ3n) is 3.23. The van der Waals surface area contributed by atoms with E-state index in [4.69, 9.17) is 23.1 Å². The molecule has 0 bridgehead atoms. The van der Waals surface area contributed by atoms with Gasteiger partial charge in [-0.3, -0.25) is 0 Å². The van der Waals surface area contributed by atoms with Gasteiger partial charge in [-0.1, -0.05) is 39.7 Å². The van der Waals surface area contributed by atoms with Gasteiger partial charge in [-0.25, -0.2) is 4.98 Å². The number of hydrogen-bond acceptors (Lipinski definition) is 5. The molecule has 0 aliphatic rings. The molecule has 5 N–H and O–H groups in total. The van der Waals surface area contributed by atoms with Crippen molar-refractivity contribution in [2.75, 3.05) is 16.8 Å². The lowest BCUT2D eigenvalue weighted by Gasteiger charge is -2.11. The van der Waals surface area contributed by atoms with E-state index in [1.165, 1.54) is 0 Å². The Bertz CT molecular complexity index is 853. The summed E-state index contributed by atoms with van der Waals surface area (Å²) in [6.07, 6.45) is 0. The van der Waals surface area contributed by atoms with E-state index in [1.807, 2.05) is 36.4 Å². The van der Waals surface area contributed by atoms with Gasteiger partial charge in [-0.15, -0.1) is 0 Å². The molecule has 0 saturated heterocycles. The van der Waals surface area contributed by atoms with Crippen LogP contribution in [0.1, 0.15) is 5.56 Å². The molecule has 1 aromatic heterocycles. The number of nitrogen functional groups attached to an aromatic ring is 2. The molecular formula is C15H13BrClN5. The van der Waals surface area contributed by atoms with Gasteiger partial charge in [0.05, 0.1) is 15.9 Å². The van der Waals surface area contributed by atoms with Gasteiger partial charge in [-0.05, 0) is 29.8 Å². The van der Waals surface area contributed by atoms with Crippen molar-refractivity contribution in [1.82, 2.24) is 9.97 Å². The van der Waals surface area contributed by atoms with E-state index < -0.39 is 0 Å². The number of nitrogens with two attached hydrogens (primary N) is 2. The van der Waals surface area contributed by atoms with Crippen LogP contribution in [0.15, 0.2) is 40.9 Å². The molecular weight excluding hydrogens is 366 g/mol. The Hall–Kier alpha value is -2.05. The lowest BCUT2D eigenvalue weighted by Crippen LogP contribution is -2.04. The van der Waals surface area contributed by atoms with Gasteiger partial charge in [0.1, 0.15) is 5.82 Å². The maximum atomic E-state index is 6.45. The lowest BCUT2D eigenvalue weighted by atomic mass is 10.1. The smallest absolute Gasteiger partial charge is 0.222 e. The molecule has 2 aromatic carbocycles. The van der Waals surface area contributed by atoms with Crippen LogP contribution in [0.25, 0.3) is 10.9 Å². The van der Waals surface area contributed by atoms with E-state index in [2.05, 4.69) is 31.2 Å². The zero-order valence-corrected chi connectivity index (χ0v) is 13.8. The normalized spacial score (nSPS) is 10.8. The summed E-state index contributed by atoms with van der Waals surface area (Å²) in [6.45, 7) is 0.565. The van der Waals surface area contributed by atoms with Crippen LogP contribution in [0.2, 0.25) is 5.02 Å². The summed E-state index contributed by atoms with van der Waals surface area (Å²) >= 11 is 9.89. The minimum Gasteiger partial charge on any atom is -0.383 e. The summed E-state index contributed by atoms with van der Waals surface area (Å²) in [7, 11) is 0. The fourth-order valence-corrected chi connectivity index (χ4v) is 2.93. The van der Waals surface area contributed by atoms with Crippen LogP contribution in [0, 0.1) is 0 Å². The number of hydrogen-bond donors (Lipinski definition) is 3. The van der Waals surface area contributed by atoms with Crippen molar-refractivity contribution in [1.29, 1.82) is 0 Å². The Morgan fingerprint density at radius 2 is 1.95 bits per heavy atom. The summed E-state index contributed by atoms with van der Waals surface area (Å²) < 4.78 is 1.01. The quantitative estimate of drug-likeness (QED) is 0.644. The first-order valence-corrected chi connectivity index (χ1v) is 7.71. The zero-order valence-electron chi connectivity index (χ0n) is 11.5. The van der Waals surface area contributed by atoms with Crippen molar-refractivity contribution in [3.63, 3.8) is 0 Å². The first-order valence-electron chi connectivity index (χ1n) is 6.54. The second-order valence-electron chi connectivity index (χ2n) is 4.76. The summed E-state index contributed by atoms with van der Waals surface area (Å²) in [6, 6.07) is 11.7. The van der Waals surface area contributed by atoms with Gasteiger partial charge >= 0.3 is 0 Å². The van der Waals surface area contributed by atoms with Gasteiger partial charge in [0.2, 0.25) is 5.95 Å². The highest BCUT2D eigenvalue weighted by Gasteiger charge is 2.11. The first-order chi connectivity index (χ1) is 10.5. The number of benzene rings is 2. The summed E-state index contributed by atoms with van der Waals surface area (Å²) in [5, 5.41) is 4.49. The van der Waals surface area contributed by atoms with Crippen molar-refractivity contribution >= 4 is 55.9 Å². The van der Waals surface area contributed by atoms with E-state index in [1.54, 1.807) is 0 Å². The molecule has 0 amide bonds. The summed E-state index contributed by atoms with van der Waals surface area (Å²) in [5.41, 5.74) is 14.1. The minimum atomic E-state index is 0.140. The fraction of sp³-hybridized carbons (Fsp3) is 0.0667. The monoisotopic (exact) mass is 377 g/mol. The van der Waals surface area contributed by atoms with Crippen LogP contribution in [0.5, 0.6) is 0 Å². The third kappa shape index (κ3) is 2.93. The maximum absolute atomic E-state index is 6.45. The minimum absolute atomic E-state index is 0.140. The van der Waals surface area contributed by atoms with E-state index in [0.29, 0.717) is 22.5 Å². The van der Waals surface area contributed by atoms with Gasteiger partial charge in [0.25, 0.3) is 0 Å². The predicted molar refractivity (Wildman–Crippen MR) is 94.8 cm³/mol. The average molecular weight is 379 g/mol. The summed E-state index contributed by atoms with van der Waals surface area (Å²) in [4.78, 5) is 8.11. The van der Waals surface area contributed by atoms with Crippen LogP contribution < -0.4 is 16.8 Å². The fourth-order valence-electron chi connectivity index (χ4n) is 2.21. The molecule has 22 heavy (non-hydrogen) atoms. The first kappa shape index (κ1) is 14.9. The molecule has 112 valence electrons. The molecule has 0 aliphatic heterocycles. The topological polar surface area (TPSA) is 89.8 Å². The molecule has 5 nitrogen and oxygen atoms in total. The van der Waals surface area contributed by atoms with Crippen LogP contribution >= 0.6 is 27.5 Å². The molecule has 3 aromatic rings. The average Bonchev–Trinajstić information content (AvgIpc) is 2.46. The predicted octanol–water partition coefficient (Wildman–Crippen LogP) is 3.82. The Morgan fingerprint density at radius 3 is 2.73 bits per heavy atom. The van der Waals surface area contributed by atoms with E-state index >= 15 is 0 Å². The number of anilines is 3. The van der Waals surface area contributed by atoms with Gasteiger partial charge in [0, 0.05) is 16.7 Å². The largest absolute Gasteiger partial charge is 0.383 e. The number of fused-ring (bicyclic) bond motifs is 1. The van der Waals surface area contributed by atoms with Gasteiger partial charge in [0.15, 0.2) is 0 Å². The highest BCUT2D eigenvalue weighted by atomic mass is 79.9. The van der Waals surface area contributed by atoms with Crippen LogP contribution in [0.4, 0.5) is 17.5 Å². The Labute approximate surface area is 140 Å². The number of rotatable bonds is 3. The molecule has 7 heteroatoms. The molecule has 0 fully saturated rings. The van der Waals surface area contributed by atoms with Crippen LogP contribution in [0.3, 0.4) is 0 Å². The highest BCUT2D eigenvalue weighted by molar-refractivity contribution is 9.10. The van der Waals surface area contributed by atoms with Crippen molar-refractivity contribution < 1.29 is 0 Å². The Balaban J connectivity index is 1.93. The van der Waals surface area contributed by atoms with Crippen LogP contribution in [-0.2, 0) is 6.54 Å². The molecule has 0 radical (unpaired) electrons. The lowest BCUT2D eigenvalue weighted by molar-refractivity contribution is 1.15. The standard InChI is InChI=1S/C15H13BrClN5/c16-9-2-1-3-10(6-9)20-7-8-4-5-11-12(13(8)17)14(18)22-15(19)21-11/h1-6,20H,7H2,(H4,18,19,21,22). The number of nitrogens with one attached hydrogen (secondary N) is 1. The molecule has 0 atom stereocenters. The Morgan fingerprint density at radius 1 is 1.14 bits per heavy atom. The van der Waals surface area contributed by atoms with Crippen molar-refractivity contribution in [3.05, 3.63) is 51.5 Å². The number of halogens is 2. The number of nitrogens with zero attached hydrogens (tertiary/aromatic N) is 2. The molecule has 0 spiro atoms. The maximum Gasteiger partial charge on any atom is 0.222 e. The summed E-state index contributed by atoms with van der Waals surface area (Å²) in [5.74, 6) is 0.429. The molecule has 0 unspecified atom stereocenters. The zero-order chi connectivity index (χ0) is 15.7. The van der Waals surface area contributed by atoms with Crippen molar-refractivity contribution in [2.24, 2.45) is 0 Å². The van der Waals surface area contributed by atoms with Gasteiger partial charge < -0.3 is 16.8 Å². The SMILES string of the molecule is Nc1nc(N)c2c(Cl)c(CNc3cccc(Br)c3)ccc2n1. The van der Waals surface area contributed by atoms with Crippen LogP contribution in [-0.4, -0.2) is 9.97 Å². The molecule has 1 heterocycles. The van der Waals surface area contributed by atoms with E-state index in [9.17, 15) is 0 Å². The van der Waals surface area contributed by atoms with Crippen molar-refractivity contribution in [3.8, 4) is 0 Å². The highest BCUT2D eigenvalue weighted by Crippen LogP contribution is 2.31. The van der Waals surface area contributed by atoms with E-state index in [-0.39, 0.29) is 11.8 Å². The number of aromatic nitrogens is 2. The van der Waals surface area contributed by atoms with Crippen molar-refractivity contribution in [2.45, 2.75) is 6.54 Å².